The van der Waals surface area contributed by atoms with E-state index in [2.05, 4.69) is 26.3 Å². The lowest BCUT2D eigenvalue weighted by atomic mass is 10.2. The van der Waals surface area contributed by atoms with Crippen LogP contribution >= 0.6 is 15.9 Å². The van der Waals surface area contributed by atoms with Crippen LogP contribution in [0.4, 0.5) is 11.5 Å². The molecule has 0 saturated carbocycles. The number of hydrogen-bond donors (Lipinski definition) is 2. The molecule has 0 radical (unpaired) electrons. The third-order valence-electron chi connectivity index (χ3n) is 2.19. The Morgan fingerprint density at radius 1 is 1.47 bits per heavy atom. The molecule has 2 rings (SSSR count). The number of aryl methyl sites for hydroxylation is 1. The number of anilines is 2. The molecular weight excluding hydrogens is 286 g/mol. The van der Waals surface area contributed by atoms with Gasteiger partial charge in [-0.05, 0) is 18.2 Å². The number of aromatic carboxylic acids is 1. The van der Waals surface area contributed by atoms with Gasteiger partial charge in [0.1, 0.15) is 0 Å². The summed E-state index contributed by atoms with van der Waals surface area (Å²) in [6.07, 6.45) is 1.78. The lowest BCUT2D eigenvalue weighted by Crippen LogP contribution is -2.03. The topological polar surface area (TPSA) is 67.2 Å². The van der Waals surface area contributed by atoms with Crippen LogP contribution in [0.1, 0.15) is 10.4 Å². The van der Waals surface area contributed by atoms with Gasteiger partial charge in [0.15, 0.2) is 5.82 Å². The van der Waals surface area contributed by atoms with Gasteiger partial charge in [-0.3, -0.25) is 4.68 Å². The SMILES string of the molecule is Cn1ccc(Nc2ccc(Br)cc2C(=O)O)n1. The van der Waals surface area contributed by atoms with Crippen LogP contribution in [0.15, 0.2) is 34.9 Å². The second-order valence-corrected chi connectivity index (χ2v) is 4.41. The minimum Gasteiger partial charge on any atom is -0.478 e. The van der Waals surface area contributed by atoms with Crippen molar-refractivity contribution in [1.29, 1.82) is 0 Å². The van der Waals surface area contributed by atoms with Crippen LogP contribution in [0.3, 0.4) is 0 Å². The summed E-state index contributed by atoms with van der Waals surface area (Å²) in [4.78, 5) is 11.1. The molecule has 0 aliphatic carbocycles. The summed E-state index contributed by atoms with van der Waals surface area (Å²) in [6, 6.07) is 6.79. The molecular formula is C11H10BrN3O2. The Balaban J connectivity index is 2.35. The van der Waals surface area contributed by atoms with Gasteiger partial charge in [0.05, 0.1) is 11.3 Å². The Labute approximate surface area is 106 Å². The van der Waals surface area contributed by atoms with Crippen molar-refractivity contribution in [1.82, 2.24) is 9.78 Å². The Hall–Kier alpha value is -1.82. The molecule has 0 amide bonds. The first kappa shape index (κ1) is 11.7. The molecule has 1 aromatic carbocycles. The van der Waals surface area contributed by atoms with Crippen LogP contribution in [0.2, 0.25) is 0 Å². The molecule has 2 aromatic rings. The van der Waals surface area contributed by atoms with E-state index in [1.165, 1.54) is 0 Å². The first-order chi connectivity index (χ1) is 8.06. The molecule has 17 heavy (non-hydrogen) atoms. The third-order valence-corrected chi connectivity index (χ3v) is 2.68. The smallest absolute Gasteiger partial charge is 0.337 e. The van der Waals surface area contributed by atoms with Gasteiger partial charge in [-0.2, -0.15) is 5.10 Å². The van der Waals surface area contributed by atoms with Crippen molar-refractivity contribution < 1.29 is 9.90 Å². The van der Waals surface area contributed by atoms with Gasteiger partial charge in [0.25, 0.3) is 0 Å². The van der Waals surface area contributed by atoms with Crippen molar-refractivity contribution >= 4 is 33.4 Å². The highest BCUT2D eigenvalue weighted by atomic mass is 79.9. The number of aromatic nitrogens is 2. The highest BCUT2D eigenvalue weighted by Gasteiger charge is 2.11. The molecule has 0 fully saturated rings. The number of rotatable bonds is 3. The number of carboxylic acid groups (broad SMARTS) is 1. The molecule has 0 aliphatic rings. The average molecular weight is 296 g/mol. The summed E-state index contributed by atoms with van der Waals surface area (Å²) in [7, 11) is 1.80. The maximum Gasteiger partial charge on any atom is 0.337 e. The number of nitrogens with zero attached hydrogens (tertiary/aromatic N) is 2. The normalized spacial score (nSPS) is 10.2. The van der Waals surface area contributed by atoms with E-state index in [0.717, 1.165) is 4.47 Å². The Morgan fingerprint density at radius 2 is 2.24 bits per heavy atom. The highest BCUT2D eigenvalue weighted by molar-refractivity contribution is 9.10. The maximum atomic E-state index is 11.1. The fourth-order valence-electron chi connectivity index (χ4n) is 1.42. The van der Waals surface area contributed by atoms with Crippen molar-refractivity contribution in [3.05, 3.63) is 40.5 Å². The van der Waals surface area contributed by atoms with Crippen LogP contribution in [-0.4, -0.2) is 20.9 Å². The Bertz CT molecular complexity index is 566. The van der Waals surface area contributed by atoms with Gasteiger partial charge in [0.2, 0.25) is 0 Å². The van der Waals surface area contributed by atoms with Gasteiger partial charge in [-0.25, -0.2) is 4.79 Å². The fourth-order valence-corrected chi connectivity index (χ4v) is 1.78. The predicted octanol–water partition coefficient (Wildman–Crippen LogP) is 2.62. The van der Waals surface area contributed by atoms with Crippen LogP contribution in [0.5, 0.6) is 0 Å². The molecule has 1 aromatic heterocycles. The van der Waals surface area contributed by atoms with Crippen molar-refractivity contribution in [3.8, 4) is 0 Å². The van der Waals surface area contributed by atoms with Gasteiger partial charge in [-0.15, -0.1) is 0 Å². The van der Waals surface area contributed by atoms with E-state index in [9.17, 15) is 4.79 Å². The first-order valence-electron chi connectivity index (χ1n) is 4.86. The minimum atomic E-state index is -0.982. The molecule has 0 spiro atoms. The number of hydrogen-bond acceptors (Lipinski definition) is 3. The van der Waals surface area contributed by atoms with Crippen LogP contribution in [-0.2, 0) is 7.05 Å². The fraction of sp³-hybridized carbons (Fsp3) is 0.0909. The Morgan fingerprint density at radius 3 is 2.82 bits per heavy atom. The van der Waals surface area contributed by atoms with E-state index in [4.69, 9.17) is 5.11 Å². The average Bonchev–Trinajstić information content (AvgIpc) is 2.66. The van der Waals surface area contributed by atoms with Crippen LogP contribution in [0.25, 0.3) is 0 Å². The van der Waals surface area contributed by atoms with Crippen LogP contribution < -0.4 is 5.32 Å². The van der Waals surface area contributed by atoms with Gasteiger partial charge >= 0.3 is 5.97 Å². The van der Waals surface area contributed by atoms with E-state index < -0.39 is 5.97 Å². The molecule has 88 valence electrons. The minimum absolute atomic E-state index is 0.199. The zero-order chi connectivity index (χ0) is 12.4. The molecule has 6 heteroatoms. The standard InChI is InChI=1S/C11H10BrN3O2/c1-15-5-4-10(14-15)13-9-3-2-7(12)6-8(9)11(16)17/h2-6H,1H3,(H,13,14)(H,16,17). The summed E-state index contributed by atoms with van der Waals surface area (Å²) in [6.45, 7) is 0. The van der Waals surface area contributed by atoms with E-state index >= 15 is 0 Å². The van der Waals surface area contributed by atoms with Crippen molar-refractivity contribution in [2.75, 3.05) is 5.32 Å². The summed E-state index contributed by atoms with van der Waals surface area (Å²) in [5.74, 6) is -0.373. The largest absolute Gasteiger partial charge is 0.478 e. The monoisotopic (exact) mass is 295 g/mol. The molecule has 1 heterocycles. The maximum absolute atomic E-state index is 11.1. The first-order valence-corrected chi connectivity index (χ1v) is 5.65. The third kappa shape index (κ3) is 2.65. The summed E-state index contributed by atoms with van der Waals surface area (Å²) in [5, 5.41) is 16.2. The summed E-state index contributed by atoms with van der Waals surface area (Å²) < 4.78 is 2.36. The lowest BCUT2D eigenvalue weighted by Gasteiger charge is -2.07. The van der Waals surface area contributed by atoms with E-state index in [0.29, 0.717) is 11.5 Å². The zero-order valence-electron chi connectivity index (χ0n) is 9.01. The molecule has 0 unspecified atom stereocenters. The number of halogens is 1. The summed E-state index contributed by atoms with van der Waals surface area (Å²) >= 11 is 3.24. The van der Waals surface area contributed by atoms with E-state index in [-0.39, 0.29) is 5.56 Å². The quantitative estimate of drug-likeness (QED) is 0.913. The molecule has 2 N–H and O–H groups in total. The zero-order valence-corrected chi connectivity index (χ0v) is 10.6. The summed E-state index contributed by atoms with van der Waals surface area (Å²) in [5.41, 5.74) is 0.712. The molecule has 0 atom stereocenters. The molecule has 0 saturated heterocycles. The molecule has 0 aliphatic heterocycles. The number of carbonyl (C=O) groups is 1. The number of carboxylic acids is 1. The van der Waals surface area contributed by atoms with Gasteiger partial charge < -0.3 is 10.4 Å². The van der Waals surface area contributed by atoms with E-state index in [1.807, 2.05) is 0 Å². The molecule has 0 bridgehead atoms. The van der Waals surface area contributed by atoms with Crippen LogP contribution in [0, 0.1) is 0 Å². The van der Waals surface area contributed by atoms with Crippen molar-refractivity contribution in [3.63, 3.8) is 0 Å². The van der Waals surface area contributed by atoms with Crippen molar-refractivity contribution in [2.45, 2.75) is 0 Å². The number of nitrogens with one attached hydrogen (secondary N) is 1. The Kier molecular flexibility index (Phi) is 3.14. The lowest BCUT2D eigenvalue weighted by molar-refractivity contribution is 0.0698. The second-order valence-electron chi connectivity index (χ2n) is 3.49. The van der Waals surface area contributed by atoms with Gasteiger partial charge in [-0.1, -0.05) is 15.9 Å². The number of benzene rings is 1. The van der Waals surface area contributed by atoms with Crippen molar-refractivity contribution in [2.24, 2.45) is 7.05 Å². The molecule has 5 nitrogen and oxygen atoms in total. The second kappa shape index (κ2) is 4.58. The highest BCUT2D eigenvalue weighted by Crippen LogP contribution is 2.23. The van der Waals surface area contributed by atoms with Gasteiger partial charge in [0, 0.05) is 23.8 Å². The van der Waals surface area contributed by atoms with E-state index in [1.54, 1.807) is 42.2 Å². The predicted molar refractivity (Wildman–Crippen MR) is 67.6 cm³/mol.